The van der Waals surface area contributed by atoms with Crippen molar-refractivity contribution in [1.29, 1.82) is 0 Å². The molecule has 0 bridgehead atoms. The van der Waals surface area contributed by atoms with Crippen molar-refractivity contribution in [2.24, 2.45) is 5.92 Å². The number of carbonyl (C=O) groups is 2. The van der Waals surface area contributed by atoms with Gasteiger partial charge in [0.05, 0.1) is 19.1 Å². The van der Waals surface area contributed by atoms with Crippen LogP contribution in [-0.4, -0.2) is 48.1 Å². The second-order valence-corrected chi connectivity index (χ2v) is 5.69. The van der Waals surface area contributed by atoms with Gasteiger partial charge in [-0.15, -0.1) is 0 Å². The highest BCUT2D eigenvalue weighted by atomic mass is 16.5. The minimum absolute atomic E-state index is 0.00285. The van der Waals surface area contributed by atoms with E-state index < -0.39 is 0 Å². The van der Waals surface area contributed by atoms with E-state index in [1.54, 1.807) is 0 Å². The van der Waals surface area contributed by atoms with Gasteiger partial charge in [-0.05, 0) is 32.6 Å². The van der Waals surface area contributed by atoms with Gasteiger partial charge in [-0.2, -0.15) is 0 Å². The Bertz CT molecular complexity index is 353. The molecule has 2 amide bonds. The van der Waals surface area contributed by atoms with Crippen molar-refractivity contribution < 1.29 is 14.3 Å². The predicted molar refractivity (Wildman–Crippen MR) is 71.5 cm³/mol. The lowest BCUT2D eigenvalue weighted by Gasteiger charge is -2.24. The molecule has 2 aliphatic heterocycles. The Balaban J connectivity index is 1.94. The SMILES string of the molecule is CCC(C)N1C(=O)CC(NC(C)C2CCOC2)C1=O. The molecule has 5 nitrogen and oxygen atoms in total. The zero-order chi connectivity index (χ0) is 14.0. The van der Waals surface area contributed by atoms with Gasteiger partial charge in [-0.25, -0.2) is 0 Å². The fraction of sp³-hybridized carbons (Fsp3) is 0.857. The fourth-order valence-electron chi connectivity index (χ4n) is 2.83. The zero-order valence-electron chi connectivity index (χ0n) is 12.0. The summed E-state index contributed by atoms with van der Waals surface area (Å²) in [5.74, 6) is 0.331. The van der Waals surface area contributed by atoms with E-state index in [0.717, 1.165) is 26.1 Å². The molecule has 5 heteroatoms. The molecule has 108 valence electrons. The highest BCUT2D eigenvalue weighted by molar-refractivity contribution is 6.05. The fourth-order valence-corrected chi connectivity index (χ4v) is 2.83. The van der Waals surface area contributed by atoms with Gasteiger partial charge in [0.15, 0.2) is 0 Å². The molecule has 0 radical (unpaired) electrons. The smallest absolute Gasteiger partial charge is 0.247 e. The van der Waals surface area contributed by atoms with Crippen molar-refractivity contribution >= 4 is 11.8 Å². The summed E-state index contributed by atoms with van der Waals surface area (Å²) in [6, 6.07) is -0.143. The van der Waals surface area contributed by atoms with Crippen molar-refractivity contribution in [2.75, 3.05) is 13.2 Å². The van der Waals surface area contributed by atoms with Crippen molar-refractivity contribution in [3.05, 3.63) is 0 Å². The first-order valence-corrected chi connectivity index (χ1v) is 7.24. The van der Waals surface area contributed by atoms with Crippen molar-refractivity contribution in [3.63, 3.8) is 0 Å². The number of hydrogen-bond donors (Lipinski definition) is 1. The topological polar surface area (TPSA) is 58.6 Å². The van der Waals surface area contributed by atoms with Crippen LogP contribution in [0, 0.1) is 5.92 Å². The van der Waals surface area contributed by atoms with E-state index in [0.29, 0.717) is 12.3 Å². The number of rotatable bonds is 5. The van der Waals surface area contributed by atoms with Gasteiger partial charge < -0.3 is 10.1 Å². The van der Waals surface area contributed by atoms with E-state index in [1.807, 2.05) is 13.8 Å². The molecule has 2 heterocycles. The Morgan fingerprint density at radius 2 is 2.16 bits per heavy atom. The third kappa shape index (κ3) is 2.98. The molecule has 4 atom stereocenters. The first kappa shape index (κ1) is 14.5. The minimum Gasteiger partial charge on any atom is -0.381 e. The lowest BCUT2D eigenvalue weighted by molar-refractivity contribution is -0.141. The Morgan fingerprint density at radius 3 is 2.74 bits per heavy atom. The Hall–Kier alpha value is -0.940. The van der Waals surface area contributed by atoms with E-state index in [4.69, 9.17) is 4.74 Å². The van der Waals surface area contributed by atoms with Gasteiger partial charge in [0.1, 0.15) is 0 Å². The molecule has 0 aromatic heterocycles. The average molecular weight is 268 g/mol. The molecule has 2 aliphatic rings. The maximum Gasteiger partial charge on any atom is 0.247 e. The van der Waals surface area contributed by atoms with E-state index in [1.165, 1.54) is 4.90 Å². The predicted octanol–water partition coefficient (Wildman–Crippen LogP) is 0.927. The quantitative estimate of drug-likeness (QED) is 0.754. The van der Waals surface area contributed by atoms with Crippen LogP contribution in [0.4, 0.5) is 0 Å². The Labute approximate surface area is 114 Å². The summed E-state index contributed by atoms with van der Waals surface area (Å²) in [7, 11) is 0. The molecule has 2 saturated heterocycles. The van der Waals surface area contributed by atoms with Crippen molar-refractivity contribution in [2.45, 2.75) is 58.2 Å². The van der Waals surface area contributed by atoms with Gasteiger partial charge in [-0.3, -0.25) is 14.5 Å². The number of nitrogens with one attached hydrogen (secondary N) is 1. The molecule has 0 spiro atoms. The first-order chi connectivity index (χ1) is 9.04. The molecular weight excluding hydrogens is 244 g/mol. The van der Waals surface area contributed by atoms with Gasteiger partial charge in [0.25, 0.3) is 0 Å². The van der Waals surface area contributed by atoms with Crippen LogP contribution in [0.5, 0.6) is 0 Å². The van der Waals surface area contributed by atoms with Crippen LogP contribution in [0.25, 0.3) is 0 Å². The zero-order valence-corrected chi connectivity index (χ0v) is 12.0. The highest BCUT2D eigenvalue weighted by Crippen LogP contribution is 2.21. The second-order valence-electron chi connectivity index (χ2n) is 5.69. The minimum atomic E-state index is -0.350. The maximum absolute atomic E-state index is 12.3. The summed E-state index contributed by atoms with van der Waals surface area (Å²) in [4.78, 5) is 25.6. The maximum atomic E-state index is 12.3. The number of ether oxygens (including phenoxy) is 1. The monoisotopic (exact) mass is 268 g/mol. The molecule has 0 saturated carbocycles. The van der Waals surface area contributed by atoms with Gasteiger partial charge >= 0.3 is 0 Å². The summed E-state index contributed by atoms with van der Waals surface area (Å²) >= 11 is 0. The van der Waals surface area contributed by atoms with Gasteiger partial charge in [0.2, 0.25) is 11.8 Å². The van der Waals surface area contributed by atoms with Crippen LogP contribution in [0.15, 0.2) is 0 Å². The summed E-state index contributed by atoms with van der Waals surface area (Å²) < 4.78 is 5.37. The molecular formula is C14H24N2O3. The number of carbonyl (C=O) groups excluding carboxylic acids is 2. The lowest BCUT2D eigenvalue weighted by atomic mass is 9.99. The Morgan fingerprint density at radius 1 is 1.42 bits per heavy atom. The number of hydrogen-bond acceptors (Lipinski definition) is 4. The summed E-state index contributed by atoms with van der Waals surface area (Å²) in [5, 5.41) is 3.32. The average Bonchev–Trinajstić information content (AvgIpc) is 2.98. The number of nitrogens with zero attached hydrogens (tertiary/aromatic N) is 1. The van der Waals surface area contributed by atoms with E-state index in [2.05, 4.69) is 12.2 Å². The normalized spacial score (nSPS) is 31.0. The van der Waals surface area contributed by atoms with Crippen LogP contribution in [0.2, 0.25) is 0 Å². The number of amides is 2. The summed E-state index contributed by atoms with van der Waals surface area (Å²) in [6.45, 7) is 7.53. The molecule has 19 heavy (non-hydrogen) atoms. The van der Waals surface area contributed by atoms with Crippen LogP contribution < -0.4 is 5.32 Å². The van der Waals surface area contributed by atoms with Crippen LogP contribution in [-0.2, 0) is 14.3 Å². The first-order valence-electron chi connectivity index (χ1n) is 7.24. The Kier molecular flexibility index (Phi) is 4.58. The third-order valence-corrected chi connectivity index (χ3v) is 4.35. The molecule has 2 fully saturated rings. The lowest BCUT2D eigenvalue weighted by Crippen LogP contribution is -2.47. The van der Waals surface area contributed by atoms with Crippen molar-refractivity contribution in [3.8, 4) is 0 Å². The van der Waals surface area contributed by atoms with Crippen molar-refractivity contribution in [1.82, 2.24) is 10.2 Å². The van der Waals surface area contributed by atoms with Gasteiger partial charge in [-0.1, -0.05) is 6.92 Å². The number of likely N-dealkylation sites (tertiary alicyclic amines) is 1. The molecule has 0 aromatic rings. The summed E-state index contributed by atoms with van der Waals surface area (Å²) in [6.07, 6.45) is 2.12. The van der Waals surface area contributed by atoms with E-state index in [9.17, 15) is 9.59 Å². The highest BCUT2D eigenvalue weighted by Gasteiger charge is 2.41. The molecule has 4 unspecified atom stereocenters. The molecule has 0 aromatic carbocycles. The van der Waals surface area contributed by atoms with Crippen LogP contribution >= 0.6 is 0 Å². The van der Waals surface area contributed by atoms with Crippen LogP contribution in [0.3, 0.4) is 0 Å². The standard InChI is InChI=1S/C14H24N2O3/c1-4-9(2)16-13(17)7-12(14(16)18)15-10(3)11-5-6-19-8-11/h9-12,15H,4-8H2,1-3H3. The third-order valence-electron chi connectivity index (χ3n) is 4.35. The van der Waals surface area contributed by atoms with Crippen LogP contribution in [0.1, 0.15) is 40.0 Å². The molecule has 0 aliphatic carbocycles. The van der Waals surface area contributed by atoms with E-state index in [-0.39, 0.29) is 29.9 Å². The largest absolute Gasteiger partial charge is 0.381 e. The van der Waals surface area contributed by atoms with Gasteiger partial charge in [0, 0.05) is 18.7 Å². The number of imide groups is 1. The van der Waals surface area contributed by atoms with E-state index >= 15 is 0 Å². The summed E-state index contributed by atoms with van der Waals surface area (Å²) in [5.41, 5.74) is 0. The second kappa shape index (κ2) is 6.01. The molecule has 1 N–H and O–H groups in total. The molecule has 2 rings (SSSR count).